The second-order valence-electron chi connectivity index (χ2n) is 9.98. The molecule has 2 fully saturated rings. The van der Waals surface area contributed by atoms with Gasteiger partial charge in [0.25, 0.3) is 5.91 Å². The van der Waals surface area contributed by atoms with Gasteiger partial charge in [-0.25, -0.2) is 8.42 Å². The van der Waals surface area contributed by atoms with E-state index in [2.05, 4.69) is 9.88 Å². The van der Waals surface area contributed by atoms with Crippen molar-refractivity contribution in [2.24, 2.45) is 0 Å². The third-order valence-electron chi connectivity index (χ3n) is 7.49. The molecule has 1 aromatic carbocycles. The van der Waals surface area contributed by atoms with Crippen LogP contribution in [0.4, 0.5) is 0 Å². The van der Waals surface area contributed by atoms with Gasteiger partial charge >= 0.3 is 0 Å². The molecule has 1 spiro atoms. The highest BCUT2D eigenvalue weighted by Crippen LogP contribution is 2.49. The van der Waals surface area contributed by atoms with Crippen LogP contribution in [-0.2, 0) is 14.8 Å². The summed E-state index contributed by atoms with van der Waals surface area (Å²) >= 11 is 0. The molecule has 10 heteroatoms. The lowest BCUT2D eigenvalue weighted by Gasteiger charge is -2.61. The number of amides is 2. The summed E-state index contributed by atoms with van der Waals surface area (Å²) in [5, 5.41) is 0. The van der Waals surface area contributed by atoms with Gasteiger partial charge in [0.15, 0.2) is 0 Å². The predicted molar refractivity (Wildman–Crippen MR) is 130 cm³/mol. The fourth-order valence-electron chi connectivity index (χ4n) is 5.74. The largest absolute Gasteiger partial charge is 0.340 e. The van der Waals surface area contributed by atoms with Gasteiger partial charge in [-0.05, 0) is 44.7 Å². The van der Waals surface area contributed by atoms with Gasteiger partial charge in [0.2, 0.25) is 15.9 Å². The molecule has 0 radical (unpaired) electrons. The molecule has 5 rings (SSSR count). The van der Waals surface area contributed by atoms with Crippen LogP contribution < -0.4 is 0 Å². The van der Waals surface area contributed by atoms with Crippen molar-refractivity contribution >= 4 is 21.8 Å². The normalized spacial score (nSPS) is 22.9. The van der Waals surface area contributed by atoms with E-state index in [1.807, 2.05) is 44.0 Å². The Hall–Kier alpha value is -2.82. The SMILES string of the molecule is CC(C)N1C(=O)c2ccccc2C(C(=O)N2CCN(C)CC2)C12CN(S(=O)(=O)c1cccnc1)C2. The molecule has 0 saturated carbocycles. The summed E-state index contributed by atoms with van der Waals surface area (Å²) in [7, 11) is -1.77. The Morgan fingerprint density at radius 1 is 1.06 bits per heavy atom. The Bertz CT molecular complexity index is 1240. The number of piperazine rings is 1. The minimum Gasteiger partial charge on any atom is -0.340 e. The highest BCUT2D eigenvalue weighted by molar-refractivity contribution is 7.89. The Morgan fingerprint density at radius 2 is 1.74 bits per heavy atom. The van der Waals surface area contributed by atoms with E-state index in [4.69, 9.17) is 0 Å². The van der Waals surface area contributed by atoms with Gasteiger partial charge in [0.05, 0.1) is 11.5 Å². The van der Waals surface area contributed by atoms with Gasteiger partial charge in [0.1, 0.15) is 4.90 Å². The molecule has 35 heavy (non-hydrogen) atoms. The smallest absolute Gasteiger partial charge is 0.254 e. The van der Waals surface area contributed by atoms with E-state index >= 15 is 0 Å². The second-order valence-corrected chi connectivity index (χ2v) is 11.9. The molecule has 0 aliphatic carbocycles. The molecular formula is C25H31N5O4S. The Balaban J connectivity index is 1.58. The van der Waals surface area contributed by atoms with Crippen molar-refractivity contribution in [3.63, 3.8) is 0 Å². The van der Waals surface area contributed by atoms with Crippen LogP contribution in [0, 0.1) is 0 Å². The molecule has 0 bridgehead atoms. The number of benzene rings is 1. The molecular weight excluding hydrogens is 466 g/mol. The number of likely N-dealkylation sites (N-methyl/N-ethyl adjacent to an activating group) is 1. The maximum atomic E-state index is 14.1. The van der Waals surface area contributed by atoms with Crippen molar-refractivity contribution in [2.45, 2.75) is 36.2 Å². The minimum absolute atomic E-state index is 0.0397. The maximum Gasteiger partial charge on any atom is 0.254 e. The van der Waals surface area contributed by atoms with E-state index in [-0.39, 0.29) is 35.8 Å². The van der Waals surface area contributed by atoms with Crippen molar-refractivity contribution in [1.29, 1.82) is 0 Å². The summed E-state index contributed by atoms with van der Waals surface area (Å²) in [6.45, 7) is 6.74. The van der Waals surface area contributed by atoms with Gasteiger partial charge in [-0.2, -0.15) is 4.31 Å². The number of nitrogens with zero attached hydrogens (tertiary/aromatic N) is 5. The summed E-state index contributed by atoms with van der Waals surface area (Å²) in [5.41, 5.74) is 0.264. The summed E-state index contributed by atoms with van der Waals surface area (Å²) in [6.07, 6.45) is 2.85. The molecule has 0 N–H and O–H groups in total. The number of rotatable bonds is 4. The lowest BCUT2D eigenvalue weighted by Crippen LogP contribution is -2.78. The first kappa shape index (κ1) is 23.9. The molecule has 3 aliphatic rings. The van der Waals surface area contributed by atoms with Crippen molar-refractivity contribution < 1.29 is 18.0 Å². The van der Waals surface area contributed by atoms with Gasteiger partial charge < -0.3 is 14.7 Å². The van der Waals surface area contributed by atoms with Crippen molar-refractivity contribution in [1.82, 2.24) is 24.0 Å². The van der Waals surface area contributed by atoms with E-state index in [1.165, 1.54) is 22.8 Å². The van der Waals surface area contributed by atoms with E-state index < -0.39 is 21.5 Å². The fraction of sp³-hybridized carbons (Fsp3) is 0.480. The van der Waals surface area contributed by atoms with Gasteiger partial charge in [-0.1, -0.05) is 18.2 Å². The van der Waals surface area contributed by atoms with Crippen LogP contribution >= 0.6 is 0 Å². The maximum absolute atomic E-state index is 14.1. The van der Waals surface area contributed by atoms with E-state index in [9.17, 15) is 18.0 Å². The highest BCUT2D eigenvalue weighted by atomic mass is 32.2. The number of pyridine rings is 1. The zero-order valence-electron chi connectivity index (χ0n) is 20.3. The van der Waals surface area contributed by atoms with Crippen LogP contribution in [-0.4, -0.2) is 102 Å². The van der Waals surface area contributed by atoms with Crippen LogP contribution in [0.15, 0.2) is 53.7 Å². The van der Waals surface area contributed by atoms with Gasteiger partial charge in [-0.15, -0.1) is 0 Å². The number of carbonyl (C=O) groups is 2. The number of sulfonamides is 1. The fourth-order valence-corrected chi connectivity index (χ4v) is 7.27. The summed E-state index contributed by atoms with van der Waals surface area (Å²) < 4.78 is 28.0. The van der Waals surface area contributed by atoms with Crippen LogP contribution in [0.3, 0.4) is 0 Å². The Labute approximate surface area is 206 Å². The number of hydrogen-bond acceptors (Lipinski definition) is 6. The lowest BCUT2D eigenvalue weighted by molar-refractivity contribution is -0.143. The minimum atomic E-state index is -3.80. The molecule has 4 heterocycles. The van der Waals surface area contributed by atoms with E-state index in [0.29, 0.717) is 24.2 Å². The summed E-state index contributed by atoms with van der Waals surface area (Å²) in [4.78, 5) is 37.7. The molecule has 2 saturated heterocycles. The van der Waals surface area contributed by atoms with Crippen LogP contribution in [0.2, 0.25) is 0 Å². The van der Waals surface area contributed by atoms with E-state index in [1.54, 1.807) is 17.0 Å². The van der Waals surface area contributed by atoms with E-state index in [0.717, 1.165) is 13.1 Å². The molecule has 2 aromatic rings. The first-order valence-electron chi connectivity index (χ1n) is 12.0. The second kappa shape index (κ2) is 8.69. The molecule has 1 aromatic heterocycles. The number of hydrogen-bond donors (Lipinski definition) is 0. The molecule has 1 unspecified atom stereocenters. The summed E-state index contributed by atoms with van der Waals surface area (Å²) in [5.74, 6) is -0.832. The van der Waals surface area contributed by atoms with Crippen LogP contribution in [0.5, 0.6) is 0 Å². The first-order chi connectivity index (χ1) is 16.7. The van der Waals surface area contributed by atoms with Gasteiger partial charge in [0, 0.05) is 63.3 Å². The average molecular weight is 498 g/mol. The topological polar surface area (TPSA) is 94.1 Å². The number of aromatic nitrogens is 1. The first-order valence-corrected chi connectivity index (χ1v) is 13.4. The third kappa shape index (κ3) is 3.75. The molecule has 2 amide bonds. The zero-order valence-corrected chi connectivity index (χ0v) is 21.1. The molecule has 1 atom stereocenters. The monoisotopic (exact) mass is 497 g/mol. The van der Waals surface area contributed by atoms with Crippen LogP contribution in [0.25, 0.3) is 0 Å². The van der Waals surface area contributed by atoms with Crippen molar-refractivity contribution in [3.8, 4) is 0 Å². The lowest BCUT2D eigenvalue weighted by atomic mass is 9.68. The predicted octanol–water partition coefficient (Wildman–Crippen LogP) is 1.25. The number of carbonyl (C=O) groups excluding carboxylic acids is 2. The van der Waals surface area contributed by atoms with Crippen molar-refractivity contribution in [2.75, 3.05) is 46.3 Å². The molecule has 186 valence electrons. The van der Waals surface area contributed by atoms with Crippen molar-refractivity contribution in [3.05, 3.63) is 59.9 Å². The zero-order chi connectivity index (χ0) is 25.0. The van der Waals surface area contributed by atoms with Crippen LogP contribution in [0.1, 0.15) is 35.7 Å². The standard InChI is InChI=1S/C25H31N5O4S/c1-18(2)30-23(31)21-9-5-4-8-20(21)22(24(32)28-13-11-27(3)12-14-28)25(30)16-29(17-25)35(33,34)19-7-6-10-26-15-19/h4-10,15,18,22H,11-14,16-17H2,1-3H3. The summed E-state index contributed by atoms with van der Waals surface area (Å²) in [6, 6.07) is 10.2. The third-order valence-corrected chi connectivity index (χ3v) is 9.26. The molecule has 9 nitrogen and oxygen atoms in total. The molecule has 3 aliphatic heterocycles. The Morgan fingerprint density at radius 3 is 2.37 bits per heavy atom. The highest BCUT2D eigenvalue weighted by Gasteiger charge is 2.64. The number of fused-ring (bicyclic) bond motifs is 1. The quantitative estimate of drug-likeness (QED) is 0.631. The average Bonchev–Trinajstić information content (AvgIpc) is 2.82. The Kier molecular flexibility index (Phi) is 5.93. The van der Waals surface area contributed by atoms with Gasteiger partial charge in [-0.3, -0.25) is 14.6 Å².